The van der Waals surface area contributed by atoms with Crippen molar-refractivity contribution in [1.29, 1.82) is 0 Å². The van der Waals surface area contributed by atoms with Crippen LogP contribution in [0.5, 0.6) is 0 Å². The lowest BCUT2D eigenvalue weighted by Gasteiger charge is -2.04. The Kier molecular flexibility index (Phi) is 3.92. The SMILES string of the molecule is CCc1cccnc1C(=O)Cc1ccc(Cl)s1. The maximum Gasteiger partial charge on any atom is 0.186 e. The highest BCUT2D eigenvalue weighted by atomic mass is 35.5. The van der Waals surface area contributed by atoms with Crippen LogP contribution in [-0.4, -0.2) is 10.8 Å². The number of nitrogens with zero attached hydrogens (tertiary/aromatic N) is 1. The molecule has 0 aliphatic heterocycles. The number of Topliss-reactive ketones (excluding diaryl/α,β-unsaturated/α-hetero) is 1. The topological polar surface area (TPSA) is 30.0 Å². The summed E-state index contributed by atoms with van der Waals surface area (Å²) in [4.78, 5) is 17.3. The molecule has 0 fully saturated rings. The molecule has 2 heterocycles. The molecule has 0 amide bonds. The van der Waals surface area contributed by atoms with Crippen molar-refractivity contribution in [2.45, 2.75) is 19.8 Å². The fourth-order valence-electron chi connectivity index (χ4n) is 1.66. The number of hydrogen-bond acceptors (Lipinski definition) is 3. The smallest absolute Gasteiger partial charge is 0.186 e. The molecule has 4 heteroatoms. The predicted octanol–water partition coefficient (Wildman–Crippen LogP) is 3.78. The average Bonchev–Trinajstić information content (AvgIpc) is 2.74. The molecule has 0 unspecified atom stereocenters. The summed E-state index contributed by atoms with van der Waals surface area (Å²) in [5.74, 6) is 0.0565. The highest BCUT2D eigenvalue weighted by Gasteiger charge is 2.13. The molecule has 0 aliphatic carbocycles. The van der Waals surface area contributed by atoms with Crippen LogP contribution in [0.2, 0.25) is 4.34 Å². The van der Waals surface area contributed by atoms with Gasteiger partial charge in [0.2, 0.25) is 0 Å². The molecule has 17 heavy (non-hydrogen) atoms. The molecule has 2 rings (SSSR count). The fraction of sp³-hybridized carbons (Fsp3) is 0.231. The van der Waals surface area contributed by atoms with Crippen molar-refractivity contribution in [1.82, 2.24) is 4.98 Å². The van der Waals surface area contributed by atoms with Gasteiger partial charge in [-0.2, -0.15) is 0 Å². The first kappa shape index (κ1) is 12.3. The van der Waals surface area contributed by atoms with Crippen LogP contribution in [-0.2, 0) is 12.8 Å². The molecule has 0 radical (unpaired) electrons. The van der Waals surface area contributed by atoms with E-state index in [4.69, 9.17) is 11.6 Å². The Bertz CT molecular complexity index is 536. The maximum absolute atomic E-state index is 12.1. The van der Waals surface area contributed by atoms with Crippen LogP contribution in [0.3, 0.4) is 0 Å². The largest absolute Gasteiger partial charge is 0.292 e. The Morgan fingerprint density at radius 1 is 1.41 bits per heavy atom. The van der Waals surface area contributed by atoms with Gasteiger partial charge < -0.3 is 0 Å². The summed E-state index contributed by atoms with van der Waals surface area (Å²) in [5, 5.41) is 0. The summed E-state index contributed by atoms with van der Waals surface area (Å²) < 4.78 is 0.713. The Hall–Kier alpha value is -1.19. The van der Waals surface area contributed by atoms with Crippen LogP contribution in [0.1, 0.15) is 27.9 Å². The van der Waals surface area contributed by atoms with Crippen LogP contribution < -0.4 is 0 Å². The van der Waals surface area contributed by atoms with E-state index in [2.05, 4.69) is 4.98 Å². The van der Waals surface area contributed by atoms with Gasteiger partial charge >= 0.3 is 0 Å². The van der Waals surface area contributed by atoms with E-state index in [0.717, 1.165) is 16.9 Å². The third kappa shape index (κ3) is 2.93. The number of aryl methyl sites for hydroxylation is 1. The molecule has 0 N–H and O–H groups in total. The molecular weight excluding hydrogens is 254 g/mol. The van der Waals surface area contributed by atoms with Gasteiger partial charge in [0.05, 0.1) is 4.34 Å². The molecule has 0 saturated carbocycles. The molecule has 0 aliphatic rings. The van der Waals surface area contributed by atoms with Crippen LogP contribution >= 0.6 is 22.9 Å². The Balaban J connectivity index is 2.20. The minimum absolute atomic E-state index is 0.0565. The standard InChI is InChI=1S/C13H12ClNOS/c1-2-9-4-3-7-15-13(9)11(16)8-10-5-6-12(14)17-10/h3-7H,2,8H2,1H3. The highest BCUT2D eigenvalue weighted by molar-refractivity contribution is 7.16. The van der Waals surface area contributed by atoms with E-state index in [1.165, 1.54) is 11.3 Å². The lowest BCUT2D eigenvalue weighted by molar-refractivity contribution is 0.0988. The lowest BCUT2D eigenvalue weighted by Crippen LogP contribution is -2.08. The quantitative estimate of drug-likeness (QED) is 0.788. The summed E-state index contributed by atoms with van der Waals surface area (Å²) in [5.41, 5.74) is 1.58. The minimum Gasteiger partial charge on any atom is -0.292 e. The van der Waals surface area contributed by atoms with E-state index in [1.807, 2.05) is 31.2 Å². The summed E-state index contributed by atoms with van der Waals surface area (Å²) in [6, 6.07) is 7.51. The van der Waals surface area contributed by atoms with Crippen molar-refractivity contribution >= 4 is 28.7 Å². The second-order valence-corrected chi connectivity index (χ2v) is 5.47. The average molecular weight is 266 g/mol. The van der Waals surface area contributed by atoms with E-state index in [0.29, 0.717) is 16.5 Å². The number of pyridine rings is 1. The van der Waals surface area contributed by atoms with E-state index >= 15 is 0 Å². The van der Waals surface area contributed by atoms with E-state index in [1.54, 1.807) is 6.20 Å². The normalized spacial score (nSPS) is 10.5. The first-order valence-electron chi connectivity index (χ1n) is 5.42. The van der Waals surface area contributed by atoms with Crippen LogP contribution in [0.4, 0.5) is 0 Å². The second-order valence-electron chi connectivity index (χ2n) is 3.67. The summed E-state index contributed by atoms with van der Waals surface area (Å²) >= 11 is 7.28. The van der Waals surface area contributed by atoms with E-state index < -0.39 is 0 Å². The Morgan fingerprint density at radius 2 is 2.24 bits per heavy atom. The molecule has 88 valence electrons. The van der Waals surface area contributed by atoms with Gasteiger partial charge in [0, 0.05) is 17.5 Å². The second kappa shape index (κ2) is 5.43. The fourth-order valence-corrected chi connectivity index (χ4v) is 2.75. The van der Waals surface area contributed by atoms with Crippen molar-refractivity contribution in [3.05, 3.63) is 50.9 Å². The number of thiophene rings is 1. The van der Waals surface area contributed by atoms with E-state index in [-0.39, 0.29) is 5.78 Å². The number of ketones is 1. The van der Waals surface area contributed by atoms with Crippen LogP contribution in [0, 0.1) is 0 Å². The minimum atomic E-state index is 0.0565. The van der Waals surface area contributed by atoms with Crippen LogP contribution in [0.25, 0.3) is 0 Å². The third-order valence-corrected chi connectivity index (χ3v) is 3.73. The van der Waals surface area contributed by atoms with Gasteiger partial charge in [-0.15, -0.1) is 11.3 Å². The zero-order valence-corrected chi connectivity index (χ0v) is 11.0. The molecule has 0 spiro atoms. The molecular formula is C13H12ClNOS. The number of carbonyl (C=O) groups excluding carboxylic acids is 1. The predicted molar refractivity (Wildman–Crippen MR) is 71.0 cm³/mol. The zero-order chi connectivity index (χ0) is 12.3. The van der Waals surface area contributed by atoms with Crippen molar-refractivity contribution in [2.24, 2.45) is 0 Å². The molecule has 2 aromatic rings. The lowest BCUT2D eigenvalue weighted by atomic mass is 10.1. The molecule has 0 bridgehead atoms. The van der Waals surface area contributed by atoms with Crippen molar-refractivity contribution < 1.29 is 4.79 Å². The number of halogens is 1. The summed E-state index contributed by atoms with van der Waals surface area (Å²) in [6.07, 6.45) is 2.86. The van der Waals surface area contributed by atoms with Gasteiger partial charge in [-0.05, 0) is 30.2 Å². The number of rotatable bonds is 4. The molecule has 2 aromatic heterocycles. The number of carbonyl (C=O) groups is 1. The molecule has 2 nitrogen and oxygen atoms in total. The zero-order valence-electron chi connectivity index (χ0n) is 9.44. The Morgan fingerprint density at radius 3 is 2.88 bits per heavy atom. The summed E-state index contributed by atoms with van der Waals surface area (Å²) in [7, 11) is 0. The van der Waals surface area contributed by atoms with Gasteiger partial charge in [0.15, 0.2) is 5.78 Å². The number of aromatic nitrogens is 1. The van der Waals surface area contributed by atoms with Crippen LogP contribution in [0.15, 0.2) is 30.5 Å². The first-order chi connectivity index (χ1) is 8.20. The first-order valence-corrected chi connectivity index (χ1v) is 6.61. The van der Waals surface area contributed by atoms with Gasteiger partial charge in [-0.3, -0.25) is 9.78 Å². The van der Waals surface area contributed by atoms with Gasteiger partial charge in [-0.25, -0.2) is 0 Å². The highest BCUT2D eigenvalue weighted by Crippen LogP contribution is 2.23. The number of hydrogen-bond donors (Lipinski definition) is 0. The van der Waals surface area contributed by atoms with E-state index in [9.17, 15) is 4.79 Å². The third-order valence-electron chi connectivity index (χ3n) is 2.50. The summed E-state index contributed by atoms with van der Waals surface area (Å²) in [6.45, 7) is 2.02. The molecule has 0 aromatic carbocycles. The molecule has 0 atom stereocenters. The molecule has 0 saturated heterocycles. The van der Waals surface area contributed by atoms with Gasteiger partial charge in [0.1, 0.15) is 5.69 Å². The van der Waals surface area contributed by atoms with Gasteiger partial charge in [0.25, 0.3) is 0 Å². The van der Waals surface area contributed by atoms with Crippen molar-refractivity contribution in [3.63, 3.8) is 0 Å². The monoisotopic (exact) mass is 265 g/mol. The van der Waals surface area contributed by atoms with Crippen molar-refractivity contribution in [3.8, 4) is 0 Å². The van der Waals surface area contributed by atoms with Gasteiger partial charge in [-0.1, -0.05) is 24.6 Å². The Labute approximate surface area is 109 Å². The maximum atomic E-state index is 12.1. The van der Waals surface area contributed by atoms with Crippen molar-refractivity contribution in [2.75, 3.05) is 0 Å².